The van der Waals surface area contributed by atoms with Gasteiger partial charge in [0.2, 0.25) is 0 Å². The topological polar surface area (TPSA) is 95.7 Å². The lowest BCUT2D eigenvalue weighted by Gasteiger charge is -2.32. The fourth-order valence-electron chi connectivity index (χ4n) is 3.86. The third-order valence-electron chi connectivity index (χ3n) is 5.78. The smallest absolute Gasteiger partial charge is 0.301 e. The fourth-order valence-corrected chi connectivity index (χ4v) is 4.47. The van der Waals surface area contributed by atoms with Gasteiger partial charge >= 0.3 is 10.2 Å². The van der Waals surface area contributed by atoms with Gasteiger partial charge in [0.25, 0.3) is 0 Å². The molecule has 0 unspecified atom stereocenters. The van der Waals surface area contributed by atoms with Crippen LogP contribution in [0.4, 0.5) is 11.4 Å². The maximum absolute atomic E-state index is 12.3. The molecule has 3 N–H and O–H groups in total. The van der Waals surface area contributed by atoms with Crippen molar-refractivity contribution in [3.05, 3.63) is 59.7 Å². The van der Waals surface area contributed by atoms with E-state index in [-0.39, 0.29) is 5.78 Å². The van der Waals surface area contributed by atoms with E-state index in [1.807, 2.05) is 12.1 Å². The van der Waals surface area contributed by atoms with Gasteiger partial charge in [0, 0.05) is 31.8 Å². The van der Waals surface area contributed by atoms with E-state index in [1.54, 1.807) is 30.3 Å². The first-order chi connectivity index (χ1) is 14.7. The summed E-state index contributed by atoms with van der Waals surface area (Å²) in [6.45, 7) is 2.87. The molecule has 0 saturated carbocycles. The van der Waals surface area contributed by atoms with Gasteiger partial charge in [0.05, 0.1) is 5.69 Å². The number of nitrogens with one attached hydrogen (secondary N) is 1. The summed E-state index contributed by atoms with van der Waals surface area (Å²) in [6.07, 6.45) is 3.43. The number of piperidine rings is 1. The molecule has 2 aromatic carbocycles. The highest BCUT2D eigenvalue weighted by Gasteiger charge is 2.21. The monoisotopic (exact) mass is 444 g/mol. The molecule has 1 fully saturated rings. The van der Waals surface area contributed by atoms with Crippen molar-refractivity contribution in [1.29, 1.82) is 0 Å². The number of ketones is 1. The molecular weight excluding hydrogens is 412 g/mol. The minimum atomic E-state index is -3.51. The third-order valence-corrected chi connectivity index (χ3v) is 7.24. The van der Waals surface area contributed by atoms with E-state index in [0.717, 1.165) is 54.3 Å². The van der Waals surface area contributed by atoms with Crippen molar-refractivity contribution in [2.24, 2.45) is 0 Å². The van der Waals surface area contributed by atoms with Crippen molar-refractivity contribution in [3.63, 3.8) is 0 Å². The number of rotatable bonds is 9. The summed E-state index contributed by atoms with van der Waals surface area (Å²) >= 11 is 0. The second-order valence-corrected chi connectivity index (χ2v) is 10.2. The zero-order chi connectivity index (χ0) is 22.4. The minimum Gasteiger partial charge on any atom is -0.399 e. The van der Waals surface area contributed by atoms with Crippen molar-refractivity contribution in [2.45, 2.75) is 31.6 Å². The molecule has 1 saturated heterocycles. The lowest BCUT2D eigenvalue weighted by atomic mass is 9.89. The van der Waals surface area contributed by atoms with E-state index in [4.69, 9.17) is 5.73 Å². The first-order valence-corrected chi connectivity index (χ1v) is 12.1. The number of nitrogen functional groups attached to an aromatic ring is 1. The molecule has 0 radical (unpaired) electrons. The number of likely N-dealkylation sites (tertiary alicyclic amines) is 1. The van der Waals surface area contributed by atoms with E-state index in [0.29, 0.717) is 23.7 Å². The molecule has 7 nitrogen and oxygen atoms in total. The number of hydrogen-bond acceptors (Lipinski definition) is 5. The fraction of sp³-hybridized carbons (Fsp3) is 0.435. The van der Waals surface area contributed by atoms with Crippen molar-refractivity contribution >= 4 is 27.4 Å². The summed E-state index contributed by atoms with van der Waals surface area (Å²) in [6, 6.07) is 14.8. The van der Waals surface area contributed by atoms with Gasteiger partial charge in [-0.05, 0) is 86.8 Å². The van der Waals surface area contributed by atoms with Gasteiger partial charge in [-0.3, -0.25) is 9.52 Å². The molecule has 0 atom stereocenters. The number of anilines is 2. The Morgan fingerprint density at radius 1 is 1.13 bits per heavy atom. The van der Waals surface area contributed by atoms with Crippen LogP contribution in [0.3, 0.4) is 0 Å². The first-order valence-electron chi connectivity index (χ1n) is 10.7. The molecule has 1 aliphatic heterocycles. The Balaban J connectivity index is 1.46. The zero-order valence-electron chi connectivity index (χ0n) is 18.3. The Labute approximate surface area is 185 Å². The Morgan fingerprint density at radius 2 is 1.81 bits per heavy atom. The predicted octanol–water partition coefficient (Wildman–Crippen LogP) is 3.33. The van der Waals surface area contributed by atoms with Crippen molar-refractivity contribution in [2.75, 3.05) is 44.2 Å². The summed E-state index contributed by atoms with van der Waals surface area (Å²) in [5.41, 5.74) is 8.82. The number of nitrogens with two attached hydrogens (primary N) is 1. The highest BCUT2D eigenvalue weighted by molar-refractivity contribution is 7.90. The van der Waals surface area contributed by atoms with E-state index in [1.165, 1.54) is 14.1 Å². The number of hydrogen-bond donors (Lipinski definition) is 2. The van der Waals surface area contributed by atoms with Crippen LogP contribution >= 0.6 is 0 Å². The predicted molar refractivity (Wildman–Crippen MR) is 126 cm³/mol. The number of carbonyl (C=O) groups excluding carboxylic acids is 1. The maximum Gasteiger partial charge on any atom is 0.301 e. The van der Waals surface area contributed by atoms with E-state index < -0.39 is 10.2 Å². The third kappa shape index (κ3) is 6.53. The van der Waals surface area contributed by atoms with Crippen LogP contribution in [-0.4, -0.2) is 57.1 Å². The van der Waals surface area contributed by atoms with Crippen LogP contribution in [0.2, 0.25) is 0 Å². The molecule has 8 heteroatoms. The van der Waals surface area contributed by atoms with Crippen molar-refractivity contribution in [3.8, 4) is 0 Å². The van der Waals surface area contributed by atoms with Gasteiger partial charge in [-0.25, -0.2) is 0 Å². The summed E-state index contributed by atoms with van der Waals surface area (Å²) in [4.78, 5) is 14.7. The van der Waals surface area contributed by atoms with Gasteiger partial charge < -0.3 is 10.6 Å². The minimum absolute atomic E-state index is 0.159. The van der Waals surface area contributed by atoms with Crippen molar-refractivity contribution in [1.82, 2.24) is 9.21 Å². The highest BCUT2D eigenvalue weighted by Crippen LogP contribution is 2.30. The molecule has 168 valence electrons. The van der Waals surface area contributed by atoms with Crippen LogP contribution in [0.1, 0.15) is 47.5 Å². The lowest BCUT2D eigenvalue weighted by molar-refractivity contribution is 0.0972. The Kier molecular flexibility index (Phi) is 7.69. The second-order valence-electron chi connectivity index (χ2n) is 8.28. The van der Waals surface area contributed by atoms with Crippen LogP contribution in [0.15, 0.2) is 48.5 Å². The standard InChI is InChI=1S/C23H32N4O3S/c1-26(2)31(29,30)25-22-6-3-5-20(17-22)18-12-15-27(16-13-18)14-4-7-23(28)19-8-10-21(24)11-9-19/h3,5-6,8-11,17-18,25H,4,7,12-16,24H2,1-2H3. The van der Waals surface area contributed by atoms with Gasteiger partial charge in [0.1, 0.15) is 0 Å². The van der Waals surface area contributed by atoms with Crippen LogP contribution < -0.4 is 10.5 Å². The van der Waals surface area contributed by atoms with Crippen LogP contribution in [-0.2, 0) is 10.2 Å². The molecule has 31 heavy (non-hydrogen) atoms. The summed E-state index contributed by atoms with van der Waals surface area (Å²) < 4.78 is 27.9. The summed E-state index contributed by atoms with van der Waals surface area (Å²) in [7, 11) is -0.495. The molecule has 3 rings (SSSR count). The van der Waals surface area contributed by atoms with E-state index in [2.05, 4.69) is 15.7 Å². The Morgan fingerprint density at radius 3 is 2.45 bits per heavy atom. The Hall–Kier alpha value is -2.42. The molecule has 1 aliphatic rings. The van der Waals surface area contributed by atoms with Crippen LogP contribution in [0.5, 0.6) is 0 Å². The number of Topliss-reactive ketones (excluding diaryl/α,β-unsaturated/α-hetero) is 1. The van der Waals surface area contributed by atoms with Gasteiger partial charge in [0.15, 0.2) is 5.78 Å². The normalized spacial score (nSPS) is 15.8. The SMILES string of the molecule is CN(C)S(=O)(=O)Nc1cccc(C2CCN(CCCC(=O)c3ccc(N)cc3)CC2)c1. The lowest BCUT2D eigenvalue weighted by Crippen LogP contribution is -2.34. The van der Waals surface area contributed by atoms with E-state index in [9.17, 15) is 13.2 Å². The van der Waals surface area contributed by atoms with Crippen LogP contribution in [0.25, 0.3) is 0 Å². The zero-order valence-corrected chi connectivity index (χ0v) is 19.1. The number of carbonyl (C=O) groups is 1. The number of benzene rings is 2. The molecule has 0 bridgehead atoms. The second kappa shape index (κ2) is 10.3. The molecule has 0 spiro atoms. The van der Waals surface area contributed by atoms with Crippen molar-refractivity contribution < 1.29 is 13.2 Å². The molecule has 2 aromatic rings. The quantitative estimate of drug-likeness (QED) is 0.457. The average molecular weight is 445 g/mol. The van der Waals surface area contributed by atoms with E-state index >= 15 is 0 Å². The van der Waals surface area contributed by atoms with Gasteiger partial charge in [-0.2, -0.15) is 12.7 Å². The summed E-state index contributed by atoms with van der Waals surface area (Å²) in [5.74, 6) is 0.573. The van der Waals surface area contributed by atoms with Gasteiger partial charge in [-0.1, -0.05) is 12.1 Å². The van der Waals surface area contributed by atoms with Gasteiger partial charge in [-0.15, -0.1) is 0 Å². The molecule has 1 heterocycles. The number of nitrogens with zero attached hydrogens (tertiary/aromatic N) is 2. The summed E-state index contributed by atoms with van der Waals surface area (Å²) in [5, 5.41) is 0. The maximum atomic E-state index is 12.3. The highest BCUT2D eigenvalue weighted by atomic mass is 32.2. The molecular formula is C23H32N4O3S. The van der Waals surface area contributed by atoms with Crippen LogP contribution in [0, 0.1) is 0 Å². The largest absolute Gasteiger partial charge is 0.399 e. The first kappa shape index (κ1) is 23.2. The molecule has 0 aliphatic carbocycles. The average Bonchev–Trinajstić information content (AvgIpc) is 2.74. The molecule has 0 amide bonds. The Bertz CT molecular complexity index is 982. The molecule has 0 aromatic heterocycles.